The van der Waals surface area contributed by atoms with Gasteiger partial charge in [0.15, 0.2) is 6.61 Å². The normalized spacial score (nSPS) is 10.9. The molecule has 0 saturated carbocycles. The molecule has 0 bridgehead atoms. The molecule has 7 heteroatoms. The number of carbonyl (C=O) groups is 1. The first-order valence-electron chi connectivity index (χ1n) is 8.84. The standard InChI is InChI=1S/C22H16Cl2N2O2S/c1-13-10-14(23)11-16(24)21(13)28-12-20(27)25-17-7-3-2-6-15(17)22-26-18-8-4-5-9-19(18)29-22/h2-11H,12H2,1H3,(H,25,27). The molecule has 4 rings (SSSR count). The second-order valence-corrected chi connectivity index (χ2v) is 8.28. The van der Waals surface area contributed by atoms with Gasteiger partial charge in [0.1, 0.15) is 10.8 Å². The monoisotopic (exact) mass is 442 g/mol. The van der Waals surface area contributed by atoms with E-state index in [0.29, 0.717) is 21.5 Å². The lowest BCUT2D eigenvalue weighted by atomic mass is 10.2. The molecule has 0 spiro atoms. The highest BCUT2D eigenvalue weighted by Gasteiger charge is 2.14. The van der Waals surface area contributed by atoms with E-state index in [2.05, 4.69) is 10.3 Å². The van der Waals surface area contributed by atoms with Crippen LogP contribution in [0.1, 0.15) is 5.56 Å². The van der Waals surface area contributed by atoms with Crippen LogP contribution in [0.5, 0.6) is 5.75 Å². The molecule has 146 valence electrons. The maximum Gasteiger partial charge on any atom is 0.262 e. The highest BCUT2D eigenvalue weighted by molar-refractivity contribution is 7.21. The molecule has 3 aromatic carbocycles. The number of fused-ring (bicyclic) bond motifs is 1. The largest absolute Gasteiger partial charge is 0.482 e. The molecule has 0 aliphatic heterocycles. The number of halogens is 2. The summed E-state index contributed by atoms with van der Waals surface area (Å²) in [6.07, 6.45) is 0. The summed E-state index contributed by atoms with van der Waals surface area (Å²) in [4.78, 5) is 17.2. The number of anilines is 1. The van der Waals surface area contributed by atoms with Gasteiger partial charge in [-0.2, -0.15) is 0 Å². The van der Waals surface area contributed by atoms with E-state index in [-0.39, 0.29) is 12.5 Å². The summed E-state index contributed by atoms with van der Waals surface area (Å²) in [5, 5.41) is 4.65. The number of ether oxygens (including phenoxy) is 1. The lowest BCUT2D eigenvalue weighted by molar-refractivity contribution is -0.118. The number of hydrogen-bond acceptors (Lipinski definition) is 4. The summed E-state index contributed by atoms with van der Waals surface area (Å²) in [6.45, 7) is 1.66. The second-order valence-electron chi connectivity index (χ2n) is 6.40. The molecule has 0 fully saturated rings. The van der Waals surface area contributed by atoms with Crippen LogP contribution in [0.3, 0.4) is 0 Å². The Balaban J connectivity index is 1.52. The van der Waals surface area contributed by atoms with Crippen LogP contribution in [0.15, 0.2) is 60.7 Å². The molecule has 0 radical (unpaired) electrons. The van der Waals surface area contributed by atoms with Gasteiger partial charge in [0.05, 0.1) is 20.9 Å². The van der Waals surface area contributed by atoms with Gasteiger partial charge in [-0.25, -0.2) is 4.98 Å². The SMILES string of the molecule is Cc1cc(Cl)cc(Cl)c1OCC(=O)Nc1ccccc1-c1nc2ccccc2s1. The highest BCUT2D eigenvalue weighted by atomic mass is 35.5. The van der Waals surface area contributed by atoms with E-state index >= 15 is 0 Å². The third-order valence-electron chi connectivity index (χ3n) is 4.27. The van der Waals surface area contributed by atoms with E-state index in [9.17, 15) is 4.79 Å². The van der Waals surface area contributed by atoms with Crippen molar-refractivity contribution in [3.63, 3.8) is 0 Å². The predicted octanol–water partition coefficient (Wildman–Crippen LogP) is 6.60. The molecule has 1 heterocycles. The molecule has 0 aliphatic carbocycles. The number of thiazole rings is 1. The van der Waals surface area contributed by atoms with E-state index in [0.717, 1.165) is 26.4 Å². The van der Waals surface area contributed by atoms with E-state index in [4.69, 9.17) is 27.9 Å². The average molecular weight is 443 g/mol. The van der Waals surface area contributed by atoms with Crippen molar-refractivity contribution in [2.24, 2.45) is 0 Å². The molecule has 1 aromatic heterocycles. The van der Waals surface area contributed by atoms with Crippen LogP contribution in [0.4, 0.5) is 5.69 Å². The summed E-state index contributed by atoms with van der Waals surface area (Å²) in [5.74, 6) is 0.162. The third kappa shape index (κ3) is 4.37. The van der Waals surface area contributed by atoms with Gasteiger partial charge >= 0.3 is 0 Å². The van der Waals surface area contributed by atoms with Gasteiger partial charge in [-0.3, -0.25) is 4.79 Å². The van der Waals surface area contributed by atoms with Crippen molar-refractivity contribution < 1.29 is 9.53 Å². The molecule has 0 unspecified atom stereocenters. The lowest BCUT2D eigenvalue weighted by Crippen LogP contribution is -2.20. The fourth-order valence-corrected chi connectivity index (χ4v) is 4.62. The van der Waals surface area contributed by atoms with Crippen molar-refractivity contribution in [2.75, 3.05) is 11.9 Å². The number of aryl methyl sites for hydroxylation is 1. The molecule has 29 heavy (non-hydrogen) atoms. The van der Waals surface area contributed by atoms with Gasteiger partial charge in [0, 0.05) is 10.6 Å². The average Bonchev–Trinajstić information content (AvgIpc) is 3.11. The van der Waals surface area contributed by atoms with Gasteiger partial charge in [0.25, 0.3) is 5.91 Å². The number of benzene rings is 3. The maximum atomic E-state index is 12.5. The van der Waals surface area contributed by atoms with E-state index in [1.165, 1.54) is 0 Å². The summed E-state index contributed by atoms with van der Waals surface area (Å²) in [7, 11) is 0. The molecular formula is C22H16Cl2N2O2S. The van der Waals surface area contributed by atoms with Gasteiger partial charge in [-0.05, 0) is 48.9 Å². The molecule has 1 amide bonds. The minimum Gasteiger partial charge on any atom is -0.482 e. The summed E-state index contributed by atoms with van der Waals surface area (Å²) >= 11 is 13.7. The minimum atomic E-state index is -0.288. The Bertz CT molecular complexity index is 1150. The van der Waals surface area contributed by atoms with Crippen molar-refractivity contribution in [3.8, 4) is 16.3 Å². The quantitative estimate of drug-likeness (QED) is 0.378. The minimum absolute atomic E-state index is 0.170. The zero-order valence-corrected chi connectivity index (χ0v) is 17.7. The number of hydrogen-bond donors (Lipinski definition) is 1. The number of rotatable bonds is 5. The Morgan fingerprint density at radius 1 is 1.10 bits per heavy atom. The first-order chi connectivity index (χ1) is 14.0. The van der Waals surface area contributed by atoms with Gasteiger partial charge in [-0.15, -0.1) is 11.3 Å². The Hall–Kier alpha value is -2.60. The van der Waals surface area contributed by atoms with Crippen molar-refractivity contribution in [2.45, 2.75) is 6.92 Å². The number of carbonyl (C=O) groups excluding carboxylic acids is 1. The summed E-state index contributed by atoms with van der Waals surface area (Å²) < 4.78 is 6.73. The summed E-state index contributed by atoms with van der Waals surface area (Å²) in [6, 6.07) is 18.9. The van der Waals surface area contributed by atoms with Crippen molar-refractivity contribution in [3.05, 3.63) is 76.3 Å². The van der Waals surface area contributed by atoms with E-state index < -0.39 is 0 Å². The van der Waals surface area contributed by atoms with Gasteiger partial charge < -0.3 is 10.1 Å². The van der Waals surface area contributed by atoms with Crippen LogP contribution < -0.4 is 10.1 Å². The number of para-hydroxylation sites is 2. The van der Waals surface area contributed by atoms with Crippen LogP contribution >= 0.6 is 34.5 Å². The van der Waals surface area contributed by atoms with Crippen LogP contribution in [0.25, 0.3) is 20.8 Å². The Kier molecular flexibility index (Phi) is 5.72. The number of nitrogens with one attached hydrogen (secondary N) is 1. The van der Waals surface area contributed by atoms with E-state index in [1.54, 1.807) is 23.5 Å². The van der Waals surface area contributed by atoms with Crippen molar-refractivity contribution in [1.29, 1.82) is 0 Å². The van der Waals surface area contributed by atoms with Crippen LogP contribution in [0, 0.1) is 6.92 Å². The van der Waals surface area contributed by atoms with Gasteiger partial charge in [-0.1, -0.05) is 47.5 Å². The molecule has 4 aromatic rings. The Morgan fingerprint density at radius 3 is 2.66 bits per heavy atom. The van der Waals surface area contributed by atoms with Gasteiger partial charge in [0.2, 0.25) is 0 Å². The zero-order chi connectivity index (χ0) is 20.4. The predicted molar refractivity (Wildman–Crippen MR) is 120 cm³/mol. The smallest absolute Gasteiger partial charge is 0.262 e. The first kappa shape index (κ1) is 19.7. The van der Waals surface area contributed by atoms with Crippen LogP contribution in [-0.4, -0.2) is 17.5 Å². The number of nitrogens with zero attached hydrogens (tertiary/aromatic N) is 1. The Morgan fingerprint density at radius 2 is 1.86 bits per heavy atom. The molecule has 0 aliphatic rings. The molecule has 0 saturated heterocycles. The maximum absolute atomic E-state index is 12.5. The van der Waals surface area contributed by atoms with Crippen molar-refractivity contribution >= 4 is 56.3 Å². The van der Waals surface area contributed by atoms with E-state index in [1.807, 2.05) is 55.5 Å². The second kappa shape index (κ2) is 8.41. The highest BCUT2D eigenvalue weighted by Crippen LogP contribution is 2.35. The molecule has 1 N–H and O–H groups in total. The summed E-state index contributed by atoms with van der Waals surface area (Å²) in [5.41, 5.74) is 3.25. The molecule has 0 atom stereocenters. The zero-order valence-electron chi connectivity index (χ0n) is 15.4. The topological polar surface area (TPSA) is 51.2 Å². The third-order valence-corrected chi connectivity index (χ3v) is 5.84. The van der Waals surface area contributed by atoms with Crippen LogP contribution in [0.2, 0.25) is 10.0 Å². The fraction of sp³-hybridized carbons (Fsp3) is 0.0909. The number of amides is 1. The molecular weight excluding hydrogens is 427 g/mol. The fourth-order valence-electron chi connectivity index (χ4n) is 2.96. The van der Waals surface area contributed by atoms with Crippen molar-refractivity contribution in [1.82, 2.24) is 4.98 Å². The Labute approximate surface area is 182 Å². The first-order valence-corrected chi connectivity index (χ1v) is 10.4. The molecule has 4 nitrogen and oxygen atoms in total. The lowest BCUT2D eigenvalue weighted by Gasteiger charge is -2.13. The van der Waals surface area contributed by atoms with Crippen LogP contribution in [-0.2, 0) is 4.79 Å². The number of aromatic nitrogens is 1.